The van der Waals surface area contributed by atoms with E-state index in [1.165, 1.54) is 11.1 Å². The molecule has 0 saturated carbocycles. The normalized spacial score (nSPS) is 8.89. The smallest absolute Gasteiger partial charge is 0.241 e. The first-order chi connectivity index (χ1) is 8.63. The molecule has 0 bridgehead atoms. The zero-order valence-corrected chi connectivity index (χ0v) is 12.4. The monoisotopic (exact) mass is 266 g/mol. The number of amides is 1. The van der Waals surface area contributed by atoms with E-state index >= 15 is 0 Å². The van der Waals surface area contributed by atoms with Crippen LogP contribution in [0.25, 0.3) is 0 Å². The average molecular weight is 266 g/mol. The van der Waals surface area contributed by atoms with E-state index in [4.69, 9.17) is 0 Å². The van der Waals surface area contributed by atoms with Crippen molar-refractivity contribution in [3.05, 3.63) is 35.4 Å². The molecule has 0 aromatic heterocycles. The lowest BCUT2D eigenvalue weighted by Gasteiger charge is -2.17. The molecule has 0 unspecified atom stereocenters. The van der Waals surface area contributed by atoms with Gasteiger partial charge in [0.2, 0.25) is 5.91 Å². The molecule has 0 fully saturated rings. The van der Waals surface area contributed by atoms with Crippen molar-refractivity contribution in [2.45, 2.75) is 27.3 Å². The number of likely N-dealkylation sites (N-methyl/N-ethyl adjacent to an activating group) is 1. The molecule has 0 radical (unpaired) electrons. The Hall–Kier alpha value is -1.42. The molecule has 0 aliphatic rings. The molecular weight excluding hydrogens is 244 g/mol. The summed E-state index contributed by atoms with van der Waals surface area (Å²) in [5.74, 6) is 0.0302. The number of carbonyl (C=O) groups is 1. The Labute approximate surface area is 115 Å². The van der Waals surface area contributed by atoms with Crippen molar-refractivity contribution in [3.63, 3.8) is 0 Å². The van der Waals surface area contributed by atoms with Crippen molar-refractivity contribution in [3.8, 4) is 0 Å². The number of nitrogens with one attached hydrogen (secondary N) is 1. The quantitative estimate of drug-likeness (QED) is 0.831. The SMILES string of the molecule is CC.Cc1cccc(CN(C)C(=O)CNC=S)c1. The summed E-state index contributed by atoms with van der Waals surface area (Å²) in [7, 11) is 1.79. The summed E-state index contributed by atoms with van der Waals surface area (Å²) in [4.78, 5) is 13.3. The van der Waals surface area contributed by atoms with Crippen LogP contribution in [0.15, 0.2) is 24.3 Å². The number of hydrogen-bond donors (Lipinski definition) is 1. The highest BCUT2D eigenvalue weighted by molar-refractivity contribution is 7.78. The summed E-state index contributed by atoms with van der Waals surface area (Å²) in [5.41, 5.74) is 3.70. The standard InChI is InChI=1S/C12H16N2OS.C2H6/c1-10-4-3-5-11(6-10)8-14(2)12(15)7-13-9-16;1-2/h3-6,9H,7-8H2,1-2H3,(H,13,16);1-2H3. The second kappa shape index (κ2) is 9.59. The Morgan fingerprint density at radius 3 is 2.67 bits per heavy atom. The summed E-state index contributed by atoms with van der Waals surface area (Å²) in [6.45, 7) is 6.92. The Kier molecular flexibility index (Phi) is 8.84. The van der Waals surface area contributed by atoms with Gasteiger partial charge >= 0.3 is 0 Å². The first-order valence-corrected chi connectivity index (χ1v) is 6.57. The van der Waals surface area contributed by atoms with Crippen LogP contribution in [-0.2, 0) is 11.3 Å². The van der Waals surface area contributed by atoms with Crippen molar-refractivity contribution >= 4 is 23.6 Å². The van der Waals surface area contributed by atoms with Crippen molar-refractivity contribution in [2.24, 2.45) is 0 Å². The van der Waals surface area contributed by atoms with E-state index in [0.717, 1.165) is 5.56 Å². The summed E-state index contributed by atoms with van der Waals surface area (Å²) in [5, 5.41) is 2.72. The summed E-state index contributed by atoms with van der Waals surface area (Å²) in [6.07, 6.45) is 0. The van der Waals surface area contributed by atoms with Gasteiger partial charge in [-0.15, -0.1) is 0 Å². The van der Waals surface area contributed by atoms with Crippen LogP contribution in [-0.4, -0.2) is 29.9 Å². The molecule has 1 aromatic carbocycles. The molecular formula is C14H22N2OS. The fourth-order valence-corrected chi connectivity index (χ4v) is 1.52. The molecule has 1 amide bonds. The highest BCUT2D eigenvalue weighted by Gasteiger charge is 2.07. The highest BCUT2D eigenvalue weighted by atomic mass is 32.1. The number of benzene rings is 1. The van der Waals surface area contributed by atoms with Gasteiger partial charge in [0.15, 0.2) is 0 Å². The molecule has 0 atom stereocenters. The molecule has 1 rings (SSSR count). The van der Waals surface area contributed by atoms with Crippen LogP contribution in [0.4, 0.5) is 0 Å². The second-order valence-corrected chi connectivity index (χ2v) is 3.97. The third-order valence-corrected chi connectivity index (χ3v) is 2.43. The average Bonchev–Trinajstić information content (AvgIpc) is 2.38. The van der Waals surface area contributed by atoms with Crippen molar-refractivity contribution in [1.29, 1.82) is 0 Å². The van der Waals surface area contributed by atoms with Crippen LogP contribution < -0.4 is 5.32 Å². The van der Waals surface area contributed by atoms with Crippen LogP contribution >= 0.6 is 12.2 Å². The number of hydrogen-bond acceptors (Lipinski definition) is 2. The van der Waals surface area contributed by atoms with Gasteiger partial charge in [0.05, 0.1) is 12.0 Å². The molecule has 1 aromatic rings. The lowest BCUT2D eigenvalue weighted by Crippen LogP contribution is -2.34. The molecule has 0 aliphatic carbocycles. The molecule has 4 heteroatoms. The fourth-order valence-electron chi connectivity index (χ4n) is 1.44. The van der Waals surface area contributed by atoms with Gasteiger partial charge in [-0.3, -0.25) is 4.79 Å². The van der Waals surface area contributed by atoms with E-state index in [9.17, 15) is 4.79 Å². The van der Waals surface area contributed by atoms with E-state index in [-0.39, 0.29) is 12.5 Å². The van der Waals surface area contributed by atoms with E-state index in [1.807, 2.05) is 39.0 Å². The maximum absolute atomic E-state index is 11.6. The zero-order chi connectivity index (χ0) is 14.0. The highest BCUT2D eigenvalue weighted by Crippen LogP contribution is 2.06. The number of nitrogens with zero attached hydrogens (tertiary/aromatic N) is 1. The van der Waals surface area contributed by atoms with Crippen LogP contribution in [0.2, 0.25) is 0 Å². The minimum atomic E-state index is 0.0302. The molecule has 0 heterocycles. The minimum absolute atomic E-state index is 0.0302. The maximum Gasteiger partial charge on any atom is 0.241 e. The third-order valence-electron chi connectivity index (χ3n) is 2.26. The number of thiocarbonyl (C=S) groups is 1. The zero-order valence-electron chi connectivity index (χ0n) is 11.6. The van der Waals surface area contributed by atoms with Gasteiger partial charge in [-0.1, -0.05) is 55.9 Å². The molecule has 100 valence electrons. The predicted octanol–water partition coefficient (Wildman–Crippen LogP) is 2.53. The molecule has 1 N–H and O–H groups in total. The Morgan fingerprint density at radius 1 is 1.44 bits per heavy atom. The minimum Gasteiger partial charge on any atom is -0.373 e. The first kappa shape index (κ1) is 16.6. The van der Waals surface area contributed by atoms with Crippen LogP contribution in [0, 0.1) is 6.92 Å². The molecule has 0 spiro atoms. The van der Waals surface area contributed by atoms with E-state index in [2.05, 4.69) is 23.6 Å². The van der Waals surface area contributed by atoms with Crippen LogP contribution in [0.5, 0.6) is 0 Å². The fraction of sp³-hybridized carbons (Fsp3) is 0.429. The van der Waals surface area contributed by atoms with Gasteiger partial charge in [0.1, 0.15) is 0 Å². The van der Waals surface area contributed by atoms with Gasteiger partial charge in [0.25, 0.3) is 0 Å². The summed E-state index contributed by atoms with van der Waals surface area (Å²) >= 11 is 4.60. The van der Waals surface area contributed by atoms with Gasteiger partial charge < -0.3 is 10.2 Å². The number of rotatable bonds is 5. The van der Waals surface area contributed by atoms with E-state index in [1.54, 1.807) is 11.9 Å². The maximum atomic E-state index is 11.6. The van der Waals surface area contributed by atoms with Gasteiger partial charge in [-0.05, 0) is 12.5 Å². The van der Waals surface area contributed by atoms with E-state index < -0.39 is 0 Å². The lowest BCUT2D eigenvalue weighted by molar-refractivity contribution is -0.129. The molecule has 0 saturated heterocycles. The summed E-state index contributed by atoms with van der Waals surface area (Å²) < 4.78 is 0. The summed E-state index contributed by atoms with van der Waals surface area (Å²) in [6, 6.07) is 8.14. The third kappa shape index (κ3) is 6.35. The van der Waals surface area contributed by atoms with Gasteiger partial charge in [-0.2, -0.15) is 0 Å². The predicted molar refractivity (Wildman–Crippen MR) is 80.7 cm³/mol. The number of aryl methyl sites for hydroxylation is 1. The van der Waals surface area contributed by atoms with Crippen LogP contribution in [0.3, 0.4) is 0 Å². The van der Waals surface area contributed by atoms with Crippen molar-refractivity contribution < 1.29 is 4.79 Å². The molecule has 18 heavy (non-hydrogen) atoms. The van der Waals surface area contributed by atoms with Gasteiger partial charge in [0, 0.05) is 13.6 Å². The topological polar surface area (TPSA) is 32.3 Å². The lowest BCUT2D eigenvalue weighted by atomic mass is 10.1. The van der Waals surface area contributed by atoms with Crippen molar-refractivity contribution in [1.82, 2.24) is 10.2 Å². The largest absolute Gasteiger partial charge is 0.373 e. The Morgan fingerprint density at radius 2 is 2.11 bits per heavy atom. The Bertz CT molecular complexity index is 380. The Balaban J connectivity index is 0.00000137. The second-order valence-electron chi connectivity index (χ2n) is 3.74. The van der Waals surface area contributed by atoms with Crippen LogP contribution in [0.1, 0.15) is 25.0 Å². The van der Waals surface area contributed by atoms with E-state index in [0.29, 0.717) is 6.54 Å². The van der Waals surface area contributed by atoms with Crippen molar-refractivity contribution in [2.75, 3.05) is 13.6 Å². The number of carbonyl (C=O) groups excluding carboxylic acids is 1. The molecule has 0 aliphatic heterocycles. The first-order valence-electron chi connectivity index (χ1n) is 6.10. The van der Waals surface area contributed by atoms with Gasteiger partial charge in [-0.25, -0.2) is 0 Å². The molecule has 3 nitrogen and oxygen atoms in total.